The average Bonchev–Trinajstić information content (AvgIpc) is 2.29. The first-order valence-corrected chi connectivity index (χ1v) is 6.74. The van der Waals surface area contributed by atoms with Gasteiger partial charge in [-0.05, 0) is 41.6 Å². The van der Waals surface area contributed by atoms with Crippen LogP contribution in [0.4, 0.5) is 5.69 Å². The van der Waals surface area contributed by atoms with E-state index in [1.165, 1.54) is 0 Å². The lowest BCUT2D eigenvalue weighted by atomic mass is 9.92. The van der Waals surface area contributed by atoms with Crippen molar-refractivity contribution in [3.8, 4) is 0 Å². The summed E-state index contributed by atoms with van der Waals surface area (Å²) in [4.78, 5) is 11.6. The van der Waals surface area contributed by atoms with Crippen LogP contribution in [0.3, 0.4) is 0 Å². The summed E-state index contributed by atoms with van der Waals surface area (Å²) >= 11 is 3.47. The molecule has 1 fully saturated rings. The van der Waals surface area contributed by atoms with Gasteiger partial charge < -0.3 is 15.6 Å². The largest absolute Gasteiger partial charge is 0.381 e. The second-order valence-corrected chi connectivity index (χ2v) is 5.59. The second-order valence-electron chi connectivity index (χ2n) is 4.74. The third-order valence-electron chi connectivity index (χ3n) is 3.31. The zero-order valence-corrected chi connectivity index (χ0v) is 11.5. The molecule has 94 valence electrons. The van der Waals surface area contributed by atoms with E-state index in [2.05, 4.69) is 21.2 Å². The van der Waals surface area contributed by atoms with Crippen molar-refractivity contribution in [2.45, 2.75) is 37.8 Å². The minimum absolute atomic E-state index is 0.00297. The number of nitrogens with one attached hydrogen (secondary N) is 1. The van der Waals surface area contributed by atoms with E-state index in [-0.39, 0.29) is 5.56 Å². The highest BCUT2D eigenvalue weighted by atomic mass is 79.9. The van der Waals surface area contributed by atoms with Gasteiger partial charge in [0, 0.05) is 31.4 Å². The van der Waals surface area contributed by atoms with Crippen molar-refractivity contribution in [3.63, 3.8) is 0 Å². The quantitative estimate of drug-likeness (QED) is 0.876. The lowest BCUT2D eigenvalue weighted by Gasteiger charge is -2.28. The topological polar surface area (TPSA) is 60.1 Å². The Labute approximate surface area is 109 Å². The molecular weight excluding hydrogens is 282 g/mol. The molecule has 1 aromatic heterocycles. The van der Waals surface area contributed by atoms with Crippen molar-refractivity contribution in [2.24, 2.45) is 12.8 Å². The first-order valence-electron chi connectivity index (χ1n) is 5.94. The number of rotatable bonds is 2. The molecule has 1 aromatic rings. The first-order chi connectivity index (χ1) is 8.06. The fourth-order valence-corrected chi connectivity index (χ4v) is 2.73. The molecule has 0 radical (unpaired) electrons. The number of aryl methyl sites for hydroxylation is 1. The summed E-state index contributed by atoms with van der Waals surface area (Å²) in [6, 6.07) is 2.41. The molecular formula is C12H18BrN3O. The minimum atomic E-state index is 0.00297. The molecule has 4 nitrogen and oxygen atoms in total. The Morgan fingerprint density at radius 1 is 1.41 bits per heavy atom. The smallest absolute Gasteiger partial charge is 0.252 e. The highest BCUT2D eigenvalue weighted by Gasteiger charge is 2.19. The Hall–Kier alpha value is -0.810. The number of hydrogen-bond acceptors (Lipinski definition) is 3. The van der Waals surface area contributed by atoms with Crippen LogP contribution in [0.2, 0.25) is 0 Å². The first kappa shape index (κ1) is 12.6. The van der Waals surface area contributed by atoms with Crippen molar-refractivity contribution >= 4 is 21.6 Å². The van der Waals surface area contributed by atoms with Crippen molar-refractivity contribution in [1.82, 2.24) is 4.57 Å². The van der Waals surface area contributed by atoms with Crippen LogP contribution in [0.5, 0.6) is 0 Å². The standard InChI is InChI=1S/C12H18BrN3O/c1-16-7-10(13)11(6-12(16)17)15-9-4-2-8(14)3-5-9/h6-9,15H,2-5,14H2,1H3/t8-,9-. The third-order valence-corrected chi connectivity index (χ3v) is 3.94. The Bertz CT molecular complexity index is 450. The number of anilines is 1. The van der Waals surface area contributed by atoms with Crippen LogP contribution < -0.4 is 16.6 Å². The summed E-state index contributed by atoms with van der Waals surface area (Å²) in [6.07, 6.45) is 6.05. The van der Waals surface area contributed by atoms with Gasteiger partial charge in [0.15, 0.2) is 0 Å². The molecule has 0 unspecified atom stereocenters. The number of aromatic nitrogens is 1. The van der Waals surface area contributed by atoms with Crippen LogP contribution >= 0.6 is 15.9 Å². The molecule has 0 spiro atoms. The molecule has 0 atom stereocenters. The van der Waals surface area contributed by atoms with E-state index in [0.29, 0.717) is 12.1 Å². The van der Waals surface area contributed by atoms with Gasteiger partial charge in [-0.3, -0.25) is 4.79 Å². The molecule has 0 amide bonds. The maximum Gasteiger partial charge on any atom is 0.252 e. The molecule has 0 aliphatic heterocycles. The van der Waals surface area contributed by atoms with Crippen LogP contribution in [0.1, 0.15) is 25.7 Å². The predicted molar refractivity (Wildman–Crippen MR) is 73.2 cm³/mol. The highest BCUT2D eigenvalue weighted by molar-refractivity contribution is 9.10. The zero-order chi connectivity index (χ0) is 12.4. The molecule has 1 aliphatic carbocycles. The Kier molecular flexibility index (Phi) is 3.89. The minimum Gasteiger partial charge on any atom is -0.381 e. The fourth-order valence-electron chi connectivity index (χ4n) is 2.19. The van der Waals surface area contributed by atoms with Gasteiger partial charge in [-0.25, -0.2) is 0 Å². The lowest BCUT2D eigenvalue weighted by Crippen LogP contribution is -2.33. The molecule has 3 N–H and O–H groups in total. The third kappa shape index (κ3) is 3.10. The van der Waals surface area contributed by atoms with Crippen LogP contribution in [0.25, 0.3) is 0 Å². The number of hydrogen-bond donors (Lipinski definition) is 2. The molecule has 2 rings (SSSR count). The van der Waals surface area contributed by atoms with Crippen LogP contribution in [-0.4, -0.2) is 16.7 Å². The molecule has 0 bridgehead atoms. The fraction of sp³-hybridized carbons (Fsp3) is 0.583. The molecule has 1 heterocycles. The Balaban J connectivity index is 2.08. The van der Waals surface area contributed by atoms with Gasteiger partial charge in [0.05, 0.1) is 10.2 Å². The van der Waals surface area contributed by atoms with Crippen molar-refractivity contribution in [3.05, 3.63) is 27.1 Å². The molecule has 5 heteroatoms. The van der Waals surface area contributed by atoms with Crippen molar-refractivity contribution in [2.75, 3.05) is 5.32 Å². The number of nitrogens with zero attached hydrogens (tertiary/aromatic N) is 1. The predicted octanol–water partition coefficient (Wildman–Crippen LogP) is 1.83. The summed E-state index contributed by atoms with van der Waals surface area (Å²) < 4.78 is 2.49. The van der Waals surface area contributed by atoms with Crippen molar-refractivity contribution < 1.29 is 0 Å². The van der Waals surface area contributed by atoms with Gasteiger partial charge in [-0.15, -0.1) is 0 Å². The van der Waals surface area contributed by atoms with E-state index in [1.807, 2.05) is 0 Å². The average molecular weight is 300 g/mol. The molecule has 0 saturated heterocycles. The summed E-state index contributed by atoms with van der Waals surface area (Å²) in [5, 5.41) is 3.42. The number of nitrogens with two attached hydrogens (primary N) is 1. The normalized spacial score (nSPS) is 24.6. The summed E-state index contributed by atoms with van der Waals surface area (Å²) in [5.74, 6) is 0. The monoisotopic (exact) mass is 299 g/mol. The molecule has 1 saturated carbocycles. The van der Waals surface area contributed by atoms with Gasteiger partial charge in [-0.1, -0.05) is 0 Å². The highest BCUT2D eigenvalue weighted by Crippen LogP contribution is 2.25. The van der Waals surface area contributed by atoms with Gasteiger partial charge in [-0.2, -0.15) is 0 Å². The summed E-state index contributed by atoms with van der Waals surface area (Å²) in [7, 11) is 1.75. The van der Waals surface area contributed by atoms with Crippen LogP contribution in [0.15, 0.2) is 21.5 Å². The van der Waals surface area contributed by atoms with Gasteiger partial charge in [0.1, 0.15) is 0 Å². The van der Waals surface area contributed by atoms with E-state index >= 15 is 0 Å². The molecule has 0 aromatic carbocycles. The summed E-state index contributed by atoms with van der Waals surface area (Å²) in [6.45, 7) is 0. The molecule has 17 heavy (non-hydrogen) atoms. The second kappa shape index (κ2) is 5.23. The van der Waals surface area contributed by atoms with E-state index in [0.717, 1.165) is 35.8 Å². The number of pyridine rings is 1. The maximum absolute atomic E-state index is 11.6. The Morgan fingerprint density at radius 2 is 2.06 bits per heavy atom. The van der Waals surface area contributed by atoms with E-state index in [4.69, 9.17) is 5.73 Å². The van der Waals surface area contributed by atoms with E-state index in [1.54, 1.807) is 23.9 Å². The SMILES string of the molecule is Cn1cc(Br)c(N[C@H]2CC[C@H](N)CC2)cc1=O. The molecule has 1 aliphatic rings. The number of halogens is 1. The Morgan fingerprint density at radius 3 is 2.71 bits per heavy atom. The maximum atomic E-state index is 11.6. The summed E-state index contributed by atoms with van der Waals surface area (Å²) in [5.41, 5.74) is 6.76. The van der Waals surface area contributed by atoms with Crippen LogP contribution in [0, 0.1) is 0 Å². The van der Waals surface area contributed by atoms with E-state index in [9.17, 15) is 4.79 Å². The van der Waals surface area contributed by atoms with Gasteiger partial charge in [0.25, 0.3) is 5.56 Å². The van der Waals surface area contributed by atoms with E-state index < -0.39 is 0 Å². The van der Waals surface area contributed by atoms with Gasteiger partial charge >= 0.3 is 0 Å². The van der Waals surface area contributed by atoms with Gasteiger partial charge in [0.2, 0.25) is 0 Å². The van der Waals surface area contributed by atoms with Crippen LogP contribution in [-0.2, 0) is 7.05 Å². The zero-order valence-electron chi connectivity index (χ0n) is 9.95. The lowest BCUT2D eigenvalue weighted by molar-refractivity contribution is 0.411. The van der Waals surface area contributed by atoms with Crippen molar-refractivity contribution in [1.29, 1.82) is 0 Å².